The standard InChI is InChI=1S/C32H38N2O3/c1-19-5-4-6-21(15-19)7-12-28(36)33(3)25-10-9-24-26-17-22-8-11-27(35)30-29(22)32(24,31(25)37-30)13-14-34(26)18-23-16-20(23)2/h4-8,11-12,15,20,23-26,31,35H,9-10,13-14,16-18H2,1-3H3/t20?,23?,24-,25+,26+,31-,32-/m0/s1. The molecule has 2 unspecified atom stereocenters. The van der Waals surface area contributed by atoms with Gasteiger partial charge in [0.1, 0.15) is 6.10 Å². The Bertz CT molecular complexity index is 1290. The van der Waals surface area contributed by atoms with Crippen LogP contribution in [0.3, 0.4) is 0 Å². The zero-order valence-electron chi connectivity index (χ0n) is 22.2. The van der Waals surface area contributed by atoms with Crippen molar-refractivity contribution in [3.63, 3.8) is 0 Å². The number of benzene rings is 2. The lowest BCUT2D eigenvalue weighted by atomic mass is 9.51. The van der Waals surface area contributed by atoms with Crippen LogP contribution in [-0.4, -0.2) is 59.1 Å². The van der Waals surface area contributed by atoms with E-state index < -0.39 is 0 Å². The summed E-state index contributed by atoms with van der Waals surface area (Å²) < 4.78 is 6.73. The number of piperidine rings is 1. The number of aryl methyl sites for hydroxylation is 1. The van der Waals surface area contributed by atoms with E-state index in [1.807, 2.05) is 36.2 Å². The summed E-state index contributed by atoms with van der Waals surface area (Å²) in [5.41, 5.74) is 4.71. The van der Waals surface area contributed by atoms with Crippen LogP contribution in [0, 0.1) is 24.7 Å². The zero-order chi connectivity index (χ0) is 25.5. The predicted molar refractivity (Wildman–Crippen MR) is 145 cm³/mol. The second-order valence-electron chi connectivity index (χ2n) is 12.5. The second kappa shape index (κ2) is 8.36. The van der Waals surface area contributed by atoms with Crippen molar-refractivity contribution in [2.75, 3.05) is 20.1 Å². The number of hydrogen-bond acceptors (Lipinski definition) is 4. The summed E-state index contributed by atoms with van der Waals surface area (Å²) >= 11 is 0. The third kappa shape index (κ3) is 3.49. The first-order valence-corrected chi connectivity index (χ1v) is 14.1. The SMILES string of the molecule is Cc1cccc(C=CC(=O)N(C)[C@@H]2CC[C@H]3[C@H]4Cc5ccc(O)c6c5[C@@]3(CCN4CC3CC3C)[C@H]2O6)c1. The van der Waals surface area contributed by atoms with Crippen molar-refractivity contribution in [2.45, 2.75) is 69.6 Å². The quantitative estimate of drug-likeness (QED) is 0.594. The molecule has 2 aromatic carbocycles. The highest BCUT2D eigenvalue weighted by Gasteiger charge is 2.66. The molecule has 1 spiro atoms. The van der Waals surface area contributed by atoms with Crippen LogP contribution in [0.15, 0.2) is 42.5 Å². The van der Waals surface area contributed by atoms with Crippen LogP contribution >= 0.6 is 0 Å². The van der Waals surface area contributed by atoms with Gasteiger partial charge in [0.15, 0.2) is 11.5 Å². The molecule has 7 atom stereocenters. The highest BCUT2D eigenvalue weighted by Crippen LogP contribution is 2.64. The molecule has 5 aliphatic rings. The minimum atomic E-state index is -0.115. The molecule has 0 radical (unpaired) electrons. The summed E-state index contributed by atoms with van der Waals surface area (Å²) in [5.74, 6) is 3.18. The lowest BCUT2D eigenvalue weighted by molar-refractivity contribution is -0.135. The first kappa shape index (κ1) is 23.3. The monoisotopic (exact) mass is 498 g/mol. The van der Waals surface area contributed by atoms with E-state index in [1.165, 1.54) is 29.7 Å². The molecule has 1 saturated heterocycles. The maximum Gasteiger partial charge on any atom is 0.246 e. The highest BCUT2D eigenvalue weighted by molar-refractivity contribution is 5.92. The third-order valence-corrected chi connectivity index (χ3v) is 10.5. The molecule has 3 aliphatic carbocycles. The maximum atomic E-state index is 13.4. The number of carbonyl (C=O) groups is 1. The first-order chi connectivity index (χ1) is 17.9. The van der Waals surface area contributed by atoms with Gasteiger partial charge in [-0.2, -0.15) is 0 Å². The minimum Gasteiger partial charge on any atom is -0.504 e. The van der Waals surface area contributed by atoms with Crippen molar-refractivity contribution in [3.05, 3.63) is 64.7 Å². The number of hydrogen-bond donors (Lipinski definition) is 1. The molecule has 2 saturated carbocycles. The first-order valence-electron chi connectivity index (χ1n) is 14.1. The Balaban J connectivity index is 1.21. The van der Waals surface area contributed by atoms with Gasteiger partial charge in [0, 0.05) is 36.7 Å². The molecule has 0 aromatic heterocycles. The van der Waals surface area contributed by atoms with Crippen molar-refractivity contribution < 1.29 is 14.6 Å². The molecule has 2 heterocycles. The van der Waals surface area contributed by atoms with Crippen molar-refractivity contribution in [3.8, 4) is 11.5 Å². The summed E-state index contributed by atoms with van der Waals surface area (Å²) in [7, 11) is 1.93. The fourth-order valence-electron chi connectivity index (χ4n) is 8.40. The van der Waals surface area contributed by atoms with E-state index in [-0.39, 0.29) is 29.2 Å². The maximum absolute atomic E-state index is 13.4. The van der Waals surface area contributed by atoms with Crippen LogP contribution in [0.4, 0.5) is 0 Å². The Hall–Kier alpha value is -2.79. The van der Waals surface area contributed by atoms with Crippen LogP contribution < -0.4 is 4.74 Å². The largest absolute Gasteiger partial charge is 0.504 e. The van der Waals surface area contributed by atoms with Crippen molar-refractivity contribution in [1.82, 2.24) is 9.80 Å². The summed E-state index contributed by atoms with van der Waals surface area (Å²) in [5, 5.41) is 10.9. The van der Waals surface area contributed by atoms with Gasteiger partial charge in [-0.05, 0) is 86.6 Å². The highest BCUT2D eigenvalue weighted by atomic mass is 16.5. The van der Waals surface area contributed by atoms with Crippen LogP contribution in [0.1, 0.15) is 54.9 Å². The number of carbonyl (C=O) groups excluding carboxylic acids is 1. The van der Waals surface area contributed by atoms with Crippen LogP contribution in [0.25, 0.3) is 6.08 Å². The summed E-state index contributed by atoms with van der Waals surface area (Å²) in [4.78, 5) is 18.1. The molecule has 7 rings (SSSR count). The number of likely N-dealkylation sites (tertiary alicyclic amines) is 1. The fraction of sp³-hybridized carbons (Fsp3) is 0.531. The van der Waals surface area contributed by atoms with E-state index in [9.17, 15) is 9.90 Å². The van der Waals surface area contributed by atoms with Gasteiger partial charge in [0.05, 0.1) is 6.04 Å². The van der Waals surface area contributed by atoms with E-state index in [2.05, 4.69) is 36.9 Å². The fourth-order valence-corrected chi connectivity index (χ4v) is 8.40. The van der Waals surface area contributed by atoms with E-state index in [4.69, 9.17) is 4.74 Å². The Morgan fingerprint density at radius 1 is 1.27 bits per heavy atom. The Morgan fingerprint density at radius 2 is 2.11 bits per heavy atom. The Morgan fingerprint density at radius 3 is 2.89 bits per heavy atom. The van der Waals surface area contributed by atoms with Gasteiger partial charge in [-0.25, -0.2) is 0 Å². The van der Waals surface area contributed by atoms with E-state index in [0.717, 1.165) is 49.6 Å². The average Bonchev–Trinajstić information content (AvgIpc) is 3.46. The summed E-state index contributed by atoms with van der Waals surface area (Å²) in [6, 6.07) is 12.7. The van der Waals surface area contributed by atoms with Gasteiger partial charge in [-0.15, -0.1) is 0 Å². The summed E-state index contributed by atoms with van der Waals surface area (Å²) in [6.07, 6.45) is 8.99. The van der Waals surface area contributed by atoms with Gasteiger partial charge < -0.3 is 14.7 Å². The molecule has 1 amide bonds. The molecule has 2 bridgehead atoms. The molecule has 5 nitrogen and oxygen atoms in total. The topological polar surface area (TPSA) is 53.0 Å². The van der Waals surface area contributed by atoms with Crippen LogP contribution in [0.2, 0.25) is 0 Å². The van der Waals surface area contributed by atoms with Crippen molar-refractivity contribution in [2.24, 2.45) is 17.8 Å². The van der Waals surface area contributed by atoms with Crippen LogP contribution in [0.5, 0.6) is 11.5 Å². The number of aromatic hydroxyl groups is 1. The number of rotatable bonds is 5. The third-order valence-electron chi connectivity index (χ3n) is 10.5. The van der Waals surface area contributed by atoms with E-state index >= 15 is 0 Å². The molecule has 194 valence electrons. The van der Waals surface area contributed by atoms with Crippen molar-refractivity contribution in [1.29, 1.82) is 0 Å². The van der Waals surface area contributed by atoms with Gasteiger partial charge in [0.25, 0.3) is 0 Å². The number of nitrogens with zero attached hydrogens (tertiary/aromatic N) is 2. The molecule has 2 aromatic rings. The molecule has 3 fully saturated rings. The molecule has 5 heteroatoms. The van der Waals surface area contributed by atoms with Crippen molar-refractivity contribution >= 4 is 12.0 Å². The van der Waals surface area contributed by atoms with Gasteiger partial charge in [0.2, 0.25) is 5.91 Å². The smallest absolute Gasteiger partial charge is 0.246 e. The molecule has 37 heavy (non-hydrogen) atoms. The van der Waals surface area contributed by atoms with Gasteiger partial charge in [-0.3, -0.25) is 9.69 Å². The number of phenols is 1. The molecular formula is C32H38N2O3. The minimum absolute atomic E-state index is 0.0119. The van der Waals surface area contributed by atoms with Gasteiger partial charge >= 0.3 is 0 Å². The molecule has 1 N–H and O–H groups in total. The number of amides is 1. The van der Waals surface area contributed by atoms with Crippen LogP contribution in [-0.2, 0) is 16.6 Å². The number of ether oxygens (including phenoxy) is 1. The summed E-state index contributed by atoms with van der Waals surface area (Å²) in [6.45, 7) is 6.75. The zero-order valence-corrected chi connectivity index (χ0v) is 22.2. The lowest BCUT2D eigenvalue weighted by Crippen LogP contribution is -2.69. The average molecular weight is 499 g/mol. The normalized spacial score (nSPS) is 35.2. The van der Waals surface area contributed by atoms with E-state index in [0.29, 0.717) is 17.7 Å². The molecule has 2 aliphatic heterocycles. The molecular weight excluding hydrogens is 460 g/mol. The van der Waals surface area contributed by atoms with Gasteiger partial charge in [-0.1, -0.05) is 42.8 Å². The number of likely N-dealkylation sites (N-methyl/N-ethyl adjacent to an activating group) is 1. The second-order valence-corrected chi connectivity index (χ2v) is 12.5. The Labute approximate surface area is 220 Å². The predicted octanol–water partition coefficient (Wildman–Crippen LogP) is 4.94. The lowest BCUT2D eigenvalue weighted by Gasteiger charge is -2.60. The van der Waals surface area contributed by atoms with E-state index in [1.54, 1.807) is 6.08 Å². The number of phenolic OH excluding ortho intramolecular Hbond substituents is 1. The Kier molecular flexibility index (Phi) is 5.27.